The fourth-order valence-corrected chi connectivity index (χ4v) is 5.67. The predicted molar refractivity (Wildman–Crippen MR) is 148 cm³/mol. The Kier molecular flexibility index (Phi) is 7.27. The van der Waals surface area contributed by atoms with Crippen LogP contribution in [0, 0.1) is 5.82 Å². The number of halogens is 2. The third kappa shape index (κ3) is 5.71. The van der Waals surface area contributed by atoms with Crippen molar-refractivity contribution in [1.29, 1.82) is 0 Å². The van der Waals surface area contributed by atoms with Gasteiger partial charge in [0.05, 0.1) is 30.5 Å². The summed E-state index contributed by atoms with van der Waals surface area (Å²) in [5, 5.41) is 13.1. The molecule has 0 radical (unpaired) electrons. The Balaban J connectivity index is 1.15. The summed E-state index contributed by atoms with van der Waals surface area (Å²) in [6.45, 7) is 4.41. The van der Waals surface area contributed by atoms with Gasteiger partial charge in [0.1, 0.15) is 11.6 Å². The van der Waals surface area contributed by atoms with Gasteiger partial charge < -0.3 is 23.7 Å². The quantitative estimate of drug-likeness (QED) is 0.260. The molecule has 212 valence electrons. The number of carboxylic acid groups (broad SMARTS) is 1. The molecule has 1 N–H and O–H groups in total. The highest BCUT2D eigenvalue weighted by Crippen LogP contribution is 2.49. The summed E-state index contributed by atoms with van der Waals surface area (Å²) in [6, 6.07) is 12.1. The van der Waals surface area contributed by atoms with Crippen LogP contribution in [0.2, 0.25) is 5.02 Å². The normalized spacial score (nSPS) is 19.3. The molecule has 2 aromatic carbocycles. The predicted octanol–water partition coefficient (Wildman–Crippen LogP) is 5.83. The first kappa shape index (κ1) is 27.0. The van der Waals surface area contributed by atoms with Crippen molar-refractivity contribution in [2.45, 2.75) is 44.6 Å². The van der Waals surface area contributed by atoms with Crippen molar-refractivity contribution in [3.05, 3.63) is 100 Å². The van der Waals surface area contributed by atoms with E-state index < -0.39 is 17.6 Å². The van der Waals surface area contributed by atoms with Crippen LogP contribution in [0.25, 0.3) is 6.08 Å². The summed E-state index contributed by atoms with van der Waals surface area (Å²) in [7, 11) is 0. The Hall–Kier alpha value is -4.15. The van der Waals surface area contributed by atoms with Crippen molar-refractivity contribution in [3.8, 4) is 11.5 Å². The number of benzene rings is 2. The second-order valence-corrected chi connectivity index (χ2v) is 10.8. The second-order valence-electron chi connectivity index (χ2n) is 10.4. The van der Waals surface area contributed by atoms with Gasteiger partial charge in [0.2, 0.25) is 0 Å². The zero-order valence-corrected chi connectivity index (χ0v) is 23.1. The van der Waals surface area contributed by atoms with Crippen LogP contribution in [0.3, 0.4) is 0 Å². The summed E-state index contributed by atoms with van der Waals surface area (Å²) in [5.74, 6) is 0.180. The molecule has 1 fully saturated rings. The Morgan fingerprint density at radius 3 is 2.76 bits per heavy atom. The van der Waals surface area contributed by atoms with Gasteiger partial charge in [0.15, 0.2) is 17.3 Å². The third-order valence-electron chi connectivity index (χ3n) is 7.52. The SMILES string of the molecule is CC1(c2ccc(Cl)cc2F)Oc2cccc(C3CCN(Cc4nc(/C=C/C(=O)O)cn4Cc4ccno4)CC3)c2O1. The van der Waals surface area contributed by atoms with Crippen LogP contribution in [0.4, 0.5) is 4.39 Å². The van der Waals surface area contributed by atoms with E-state index in [9.17, 15) is 9.18 Å². The molecule has 9 nitrogen and oxygen atoms in total. The average molecular weight is 579 g/mol. The molecule has 4 aromatic rings. The van der Waals surface area contributed by atoms with E-state index in [0.29, 0.717) is 41.1 Å². The van der Waals surface area contributed by atoms with Gasteiger partial charge in [-0.05, 0) is 62.2 Å². The largest absolute Gasteiger partial charge is 0.478 e. The highest BCUT2D eigenvalue weighted by Gasteiger charge is 2.43. The van der Waals surface area contributed by atoms with Gasteiger partial charge in [-0.15, -0.1) is 0 Å². The minimum Gasteiger partial charge on any atom is -0.478 e. The van der Waals surface area contributed by atoms with Crippen molar-refractivity contribution in [3.63, 3.8) is 0 Å². The van der Waals surface area contributed by atoms with Crippen molar-refractivity contribution in [2.24, 2.45) is 0 Å². The Labute approximate surface area is 240 Å². The number of hydrogen-bond acceptors (Lipinski definition) is 7. The minimum atomic E-state index is -1.29. The number of ether oxygens (including phenoxy) is 2. The lowest BCUT2D eigenvalue weighted by atomic mass is 9.88. The van der Waals surface area contributed by atoms with Crippen LogP contribution in [-0.2, 0) is 23.7 Å². The molecule has 2 aromatic heterocycles. The van der Waals surface area contributed by atoms with Crippen molar-refractivity contribution in [2.75, 3.05) is 13.1 Å². The molecule has 0 amide bonds. The average Bonchev–Trinajstić information content (AvgIpc) is 3.67. The van der Waals surface area contributed by atoms with Crippen molar-refractivity contribution < 1.29 is 28.3 Å². The molecule has 0 saturated carbocycles. The number of imidazole rings is 1. The Bertz CT molecular complexity index is 1600. The first-order valence-corrected chi connectivity index (χ1v) is 13.7. The van der Waals surface area contributed by atoms with E-state index in [1.54, 1.807) is 31.3 Å². The maximum atomic E-state index is 14.8. The highest BCUT2D eigenvalue weighted by atomic mass is 35.5. The molecule has 2 aliphatic rings. The number of para-hydroxylation sites is 1. The first-order chi connectivity index (χ1) is 19.8. The number of rotatable bonds is 8. The van der Waals surface area contributed by atoms with E-state index in [1.807, 2.05) is 22.9 Å². The summed E-state index contributed by atoms with van der Waals surface area (Å²) in [4.78, 5) is 18.0. The number of piperidine rings is 1. The van der Waals surface area contributed by atoms with Crippen LogP contribution in [0.5, 0.6) is 11.5 Å². The number of hydrogen-bond donors (Lipinski definition) is 1. The standard InChI is InChI=1S/C30H28ClFN4O5/c1-30(24-7-5-20(31)15-25(24)32)39-26-4-2-3-23(29(26)40-30)19-10-13-35(14-11-19)18-27-34-21(6-8-28(37)38)16-36(27)17-22-9-12-33-41-22/h2-9,12,15-16,19H,10-11,13-14,17-18H2,1H3,(H,37,38)/b8-6+. The molecule has 0 bridgehead atoms. The lowest BCUT2D eigenvalue weighted by Crippen LogP contribution is -2.34. The number of carbonyl (C=O) groups is 1. The summed E-state index contributed by atoms with van der Waals surface area (Å²) in [5.41, 5.74) is 1.90. The third-order valence-corrected chi connectivity index (χ3v) is 7.75. The van der Waals surface area contributed by atoms with Crippen LogP contribution in [0.1, 0.15) is 54.1 Å². The lowest BCUT2D eigenvalue weighted by Gasteiger charge is -2.32. The minimum absolute atomic E-state index is 0.241. The molecule has 11 heteroatoms. The van der Waals surface area contributed by atoms with Gasteiger partial charge in [-0.2, -0.15) is 0 Å². The first-order valence-electron chi connectivity index (χ1n) is 13.3. The number of fused-ring (bicyclic) bond motifs is 1. The Morgan fingerprint density at radius 1 is 1.20 bits per heavy atom. The van der Waals surface area contributed by atoms with Crippen LogP contribution in [0.15, 0.2) is 65.5 Å². The zero-order valence-electron chi connectivity index (χ0n) is 22.3. The number of nitrogens with zero attached hydrogens (tertiary/aromatic N) is 4. The van der Waals surface area contributed by atoms with E-state index in [1.165, 1.54) is 12.1 Å². The fraction of sp³-hybridized carbons (Fsp3) is 0.300. The summed E-state index contributed by atoms with van der Waals surface area (Å²) < 4.78 is 34.5. The number of carboxylic acids is 1. The number of aromatic nitrogens is 3. The van der Waals surface area contributed by atoms with E-state index >= 15 is 0 Å². The lowest BCUT2D eigenvalue weighted by molar-refractivity contribution is -0.131. The molecule has 4 heterocycles. The topological polar surface area (TPSA) is 103 Å². The van der Waals surface area contributed by atoms with Gasteiger partial charge >= 0.3 is 5.97 Å². The molecule has 2 aliphatic heterocycles. The fourth-order valence-electron chi connectivity index (χ4n) is 5.51. The zero-order chi connectivity index (χ0) is 28.6. The highest BCUT2D eigenvalue weighted by molar-refractivity contribution is 6.30. The van der Waals surface area contributed by atoms with E-state index in [0.717, 1.165) is 43.4 Å². The Morgan fingerprint density at radius 2 is 2.02 bits per heavy atom. The van der Waals surface area contributed by atoms with Gasteiger partial charge in [-0.1, -0.05) is 28.9 Å². The molecular weight excluding hydrogens is 551 g/mol. The molecule has 1 saturated heterocycles. The van der Waals surface area contributed by atoms with Gasteiger partial charge in [-0.3, -0.25) is 4.90 Å². The van der Waals surface area contributed by atoms with Crippen molar-refractivity contribution >= 4 is 23.6 Å². The maximum Gasteiger partial charge on any atom is 0.328 e. The van der Waals surface area contributed by atoms with Gasteiger partial charge in [0, 0.05) is 35.8 Å². The second kappa shape index (κ2) is 11.0. The molecule has 0 spiro atoms. The maximum absolute atomic E-state index is 14.8. The van der Waals surface area contributed by atoms with Crippen LogP contribution in [-0.4, -0.2) is 43.8 Å². The molecule has 0 aliphatic carbocycles. The van der Waals surface area contributed by atoms with Crippen molar-refractivity contribution in [1.82, 2.24) is 19.6 Å². The molecule has 1 atom stereocenters. The number of aliphatic carboxylic acids is 1. The molecule has 6 rings (SSSR count). The molecule has 41 heavy (non-hydrogen) atoms. The monoisotopic (exact) mass is 578 g/mol. The van der Waals surface area contributed by atoms with Crippen LogP contribution < -0.4 is 9.47 Å². The summed E-state index contributed by atoms with van der Waals surface area (Å²) in [6.07, 6.45) is 7.74. The number of likely N-dealkylation sites (tertiary alicyclic amines) is 1. The molecular formula is C30H28ClFN4O5. The van der Waals surface area contributed by atoms with E-state index in [2.05, 4.69) is 21.1 Å². The molecule has 1 unspecified atom stereocenters. The van der Waals surface area contributed by atoms with E-state index in [-0.39, 0.29) is 11.5 Å². The van der Waals surface area contributed by atoms with Gasteiger partial charge in [0.25, 0.3) is 5.79 Å². The van der Waals surface area contributed by atoms with E-state index in [4.69, 9.17) is 30.7 Å². The van der Waals surface area contributed by atoms with Crippen LogP contribution >= 0.6 is 11.6 Å². The summed E-state index contributed by atoms with van der Waals surface area (Å²) >= 11 is 5.95. The smallest absolute Gasteiger partial charge is 0.328 e. The van der Waals surface area contributed by atoms with Gasteiger partial charge in [-0.25, -0.2) is 14.2 Å².